The van der Waals surface area contributed by atoms with Crippen LogP contribution in [0.2, 0.25) is 0 Å². The molecule has 1 aromatic rings. The molecule has 24 heavy (non-hydrogen) atoms. The van der Waals surface area contributed by atoms with Gasteiger partial charge in [-0.3, -0.25) is 9.89 Å². The highest BCUT2D eigenvalue weighted by atomic mass is 32.2. The van der Waals surface area contributed by atoms with Crippen molar-refractivity contribution in [3.05, 3.63) is 24.0 Å². The molecule has 0 saturated carbocycles. The fourth-order valence-electron chi connectivity index (χ4n) is 2.72. The van der Waals surface area contributed by atoms with E-state index in [0.717, 1.165) is 25.6 Å². The lowest BCUT2D eigenvalue weighted by molar-refractivity contribution is 0.303. The molecule has 2 rings (SSSR count). The zero-order valence-electron chi connectivity index (χ0n) is 14.9. The Morgan fingerprint density at radius 3 is 2.67 bits per heavy atom. The number of guanidine groups is 1. The van der Waals surface area contributed by atoms with Crippen LogP contribution >= 0.6 is 0 Å². The summed E-state index contributed by atoms with van der Waals surface area (Å²) in [4.78, 5) is 8.97. The molecule has 1 saturated heterocycles. The van der Waals surface area contributed by atoms with E-state index in [4.69, 9.17) is 0 Å². The number of aryl methyl sites for hydroxylation is 1. The highest BCUT2D eigenvalue weighted by Crippen LogP contribution is 2.05. The molecule has 0 radical (unpaired) electrons. The van der Waals surface area contributed by atoms with E-state index in [1.807, 2.05) is 26.4 Å². The summed E-state index contributed by atoms with van der Waals surface area (Å²) < 4.78 is 25.0. The van der Waals surface area contributed by atoms with Crippen molar-refractivity contribution in [2.75, 3.05) is 51.3 Å². The van der Waals surface area contributed by atoms with Crippen LogP contribution in [0.1, 0.15) is 12.6 Å². The Morgan fingerprint density at radius 1 is 1.38 bits per heavy atom. The Labute approximate surface area is 145 Å². The molecule has 7 nitrogen and oxygen atoms in total. The molecule has 0 aromatic carbocycles. The SMILES string of the molecule is CCNC(=NCCN1CCS(=O)(=O)CC1)N(C)Cc1cccn1C. The van der Waals surface area contributed by atoms with Gasteiger partial charge in [-0.1, -0.05) is 0 Å². The summed E-state index contributed by atoms with van der Waals surface area (Å²) in [7, 11) is 1.26. The molecule has 1 fully saturated rings. The van der Waals surface area contributed by atoms with Gasteiger partial charge in [-0.05, 0) is 19.1 Å². The molecule has 8 heteroatoms. The fourth-order valence-corrected chi connectivity index (χ4v) is 4.00. The number of aliphatic imine (C=N–C) groups is 1. The Morgan fingerprint density at radius 2 is 2.08 bits per heavy atom. The molecule has 1 aliphatic heterocycles. The number of aromatic nitrogens is 1. The Kier molecular flexibility index (Phi) is 6.68. The predicted molar refractivity (Wildman–Crippen MR) is 98.0 cm³/mol. The van der Waals surface area contributed by atoms with Crippen molar-refractivity contribution in [2.45, 2.75) is 13.5 Å². The van der Waals surface area contributed by atoms with Crippen molar-refractivity contribution < 1.29 is 8.42 Å². The second-order valence-corrected chi connectivity index (χ2v) is 8.50. The minimum absolute atomic E-state index is 0.268. The van der Waals surface area contributed by atoms with Gasteiger partial charge in [0.05, 0.1) is 24.6 Å². The maximum Gasteiger partial charge on any atom is 0.194 e. The maximum absolute atomic E-state index is 11.5. The van der Waals surface area contributed by atoms with Gasteiger partial charge in [0.2, 0.25) is 0 Å². The van der Waals surface area contributed by atoms with E-state index >= 15 is 0 Å². The van der Waals surface area contributed by atoms with Crippen LogP contribution in [0.3, 0.4) is 0 Å². The zero-order valence-corrected chi connectivity index (χ0v) is 15.7. The van der Waals surface area contributed by atoms with Gasteiger partial charge in [-0.15, -0.1) is 0 Å². The van der Waals surface area contributed by atoms with E-state index in [1.54, 1.807) is 0 Å². The van der Waals surface area contributed by atoms with Crippen LogP contribution in [0.5, 0.6) is 0 Å². The first-order valence-electron chi connectivity index (χ1n) is 8.43. The highest BCUT2D eigenvalue weighted by molar-refractivity contribution is 7.91. The van der Waals surface area contributed by atoms with Crippen molar-refractivity contribution in [1.82, 2.24) is 19.7 Å². The van der Waals surface area contributed by atoms with Crippen LogP contribution in [0, 0.1) is 0 Å². The minimum atomic E-state index is -2.81. The van der Waals surface area contributed by atoms with Crippen molar-refractivity contribution in [2.24, 2.45) is 12.0 Å². The van der Waals surface area contributed by atoms with Gasteiger partial charge in [0.1, 0.15) is 0 Å². The van der Waals surface area contributed by atoms with Crippen LogP contribution in [0.15, 0.2) is 23.3 Å². The monoisotopic (exact) mass is 355 g/mol. The number of nitrogens with one attached hydrogen (secondary N) is 1. The van der Waals surface area contributed by atoms with E-state index < -0.39 is 9.84 Å². The molecule has 2 heterocycles. The summed E-state index contributed by atoms with van der Waals surface area (Å²) in [6.07, 6.45) is 2.04. The number of hydrogen-bond acceptors (Lipinski definition) is 4. The van der Waals surface area contributed by atoms with E-state index in [0.29, 0.717) is 19.6 Å². The third-order valence-corrected chi connectivity index (χ3v) is 5.87. The molecule has 0 spiro atoms. The maximum atomic E-state index is 11.5. The summed E-state index contributed by atoms with van der Waals surface area (Å²) in [6, 6.07) is 4.14. The van der Waals surface area contributed by atoms with Crippen molar-refractivity contribution >= 4 is 15.8 Å². The van der Waals surface area contributed by atoms with Gasteiger partial charge in [-0.25, -0.2) is 8.42 Å². The molecular formula is C16H29N5O2S. The molecule has 1 N–H and O–H groups in total. The van der Waals surface area contributed by atoms with Crippen LogP contribution in [0.25, 0.3) is 0 Å². The molecule has 0 bridgehead atoms. The Bertz CT molecular complexity index is 639. The molecule has 0 amide bonds. The van der Waals surface area contributed by atoms with E-state index in [2.05, 4.69) is 37.7 Å². The van der Waals surface area contributed by atoms with E-state index in [9.17, 15) is 8.42 Å². The summed E-state index contributed by atoms with van der Waals surface area (Å²) in [5, 5.41) is 3.32. The van der Waals surface area contributed by atoms with Gasteiger partial charge >= 0.3 is 0 Å². The smallest absolute Gasteiger partial charge is 0.194 e. The lowest BCUT2D eigenvalue weighted by Crippen LogP contribution is -2.42. The van der Waals surface area contributed by atoms with Crippen LogP contribution < -0.4 is 5.32 Å². The van der Waals surface area contributed by atoms with E-state index in [-0.39, 0.29) is 11.5 Å². The third-order valence-electron chi connectivity index (χ3n) is 4.26. The largest absolute Gasteiger partial charge is 0.357 e. The summed E-state index contributed by atoms with van der Waals surface area (Å²) in [5.41, 5.74) is 1.23. The summed E-state index contributed by atoms with van der Waals surface area (Å²) in [6.45, 7) is 6.36. The first-order valence-corrected chi connectivity index (χ1v) is 10.3. The molecule has 1 aromatic heterocycles. The second kappa shape index (κ2) is 8.53. The molecule has 1 aliphatic rings. The number of hydrogen-bond donors (Lipinski definition) is 1. The number of rotatable bonds is 6. The quantitative estimate of drug-likeness (QED) is 0.581. The van der Waals surface area contributed by atoms with Crippen molar-refractivity contribution in [1.29, 1.82) is 0 Å². The highest BCUT2D eigenvalue weighted by Gasteiger charge is 2.20. The molecule has 0 unspecified atom stereocenters. The molecule has 0 aliphatic carbocycles. The molecule has 0 atom stereocenters. The normalized spacial score (nSPS) is 18.5. The Balaban J connectivity index is 1.87. The lowest BCUT2D eigenvalue weighted by atomic mass is 10.4. The number of sulfone groups is 1. The standard InChI is InChI=1S/C16H29N5O2S/c1-4-17-16(20(3)14-15-6-5-8-19(15)2)18-7-9-21-10-12-24(22,23)13-11-21/h5-6,8H,4,7,9-14H2,1-3H3,(H,17,18). The summed E-state index contributed by atoms with van der Waals surface area (Å²) >= 11 is 0. The van der Waals surface area contributed by atoms with E-state index in [1.165, 1.54) is 5.69 Å². The van der Waals surface area contributed by atoms with Crippen LogP contribution in [-0.2, 0) is 23.4 Å². The first-order chi connectivity index (χ1) is 11.4. The van der Waals surface area contributed by atoms with Gasteiger partial charge in [0.25, 0.3) is 0 Å². The van der Waals surface area contributed by atoms with Crippen molar-refractivity contribution in [3.63, 3.8) is 0 Å². The van der Waals surface area contributed by atoms with Gasteiger partial charge in [0.15, 0.2) is 15.8 Å². The molecular weight excluding hydrogens is 326 g/mol. The first kappa shape index (κ1) is 18.8. The average molecular weight is 356 g/mol. The predicted octanol–water partition coefficient (Wildman–Crippen LogP) is 0.153. The van der Waals surface area contributed by atoms with Gasteiger partial charge in [0, 0.05) is 52.2 Å². The lowest BCUT2D eigenvalue weighted by Gasteiger charge is -2.26. The Hall–Kier alpha value is -1.54. The average Bonchev–Trinajstić information content (AvgIpc) is 2.93. The van der Waals surface area contributed by atoms with Crippen LogP contribution in [-0.4, -0.2) is 80.0 Å². The zero-order chi connectivity index (χ0) is 17.6. The van der Waals surface area contributed by atoms with Gasteiger partial charge in [-0.2, -0.15) is 0 Å². The second-order valence-electron chi connectivity index (χ2n) is 6.20. The number of nitrogens with zero attached hydrogens (tertiary/aromatic N) is 4. The summed E-state index contributed by atoms with van der Waals surface area (Å²) in [5.74, 6) is 1.41. The minimum Gasteiger partial charge on any atom is -0.357 e. The van der Waals surface area contributed by atoms with Crippen LogP contribution in [0.4, 0.5) is 0 Å². The van der Waals surface area contributed by atoms with Gasteiger partial charge < -0.3 is 14.8 Å². The molecule has 136 valence electrons. The third kappa shape index (κ3) is 5.52. The topological polar surface area (TPSA) is 69.9 Å². The van der Waals surface area contributed by atoms with Crippen molar-refractivity contribution in [3.8, 4) is 0 Å². The fraction of sp³-hybridized carbons (Fsp3) is 0.688.